The van der Waals surface area contributed by atoms with Crippen molar-refractivity contribution >= 4 is 29.9 Å². The smallest absolute Gasteiger partial charge is 0.379 e. The zero-order valence-corrected chi connectivity index (χ0v) is 14.4. The van der Waals surface area contributed by atoms with Crippen LogP contribution in [0.25, 0.3) is 0 Å². The lowest BCUT2D eigenvalue weighted by molar-refractivity contribution is -0.132. The number of ether oxygens (including phenoxy) is 2. The van der Waals surface area contributed by atoms with Crippen molar-refractivity contribution in [3.8, 4) is 0 Å². The summed E-state index contributed by atoms with van der Waals surface area (Å²) in [5.74, 6) is 0.374. The van der Waals surface area contributed by atoms with Gasteiger partial charge in [-0.05, 0) is 12.8 Å². The van der Waals surface area contributed by atoms with E-state index in [1.807, 2.05) is 0 Å². The molecule has 21 heavy (non-hydrogen) atoms. The van der Waals surface area contributed by atoms with Crippen molar-refractivity contribution in [2.45, 2.75) is 31.5 Å². The van der Waals surface area contributed by atoms with Crippen LogP contribution in [0, 0.1) is 0 Å². The lowest BCUT2D eigenvalue weighted by atomic mass is 10.3. The highest BCUT2D eigenvalue weighted by atomic mass is 127. The first-order chi connectivity index (χ1) is 9.51. The van der Waals surface area contributed by atoms with E-state index in [2.05, 4.69) is 15.6 Å². The zero-order chi connectivity index (χ0) is 14.8. The minimum Gasteiger partial charge on any atom is -0.379 e. The van der Waals surface area contributed by atoms with Crippen LogP contribution < -0.4 is 10.6 Å². The molecule has 1 atom stereocenters. The van der Waals surface area contributed by atoms with E-state index in [1.54, 1.807) is 0 Å². The van der Waals surface area contributed by atoms with Gasteiger partial charge in [0, 0.05) is 33.4 Å². The van der Waals surface area contributed by atoms with Crippen molar-refractivity contribution in [1.82, 2.24) is 10.6 Å². The number of aliphatic imine (C=N–C) groups is 1. The van der Waals surface area contributed by atoms with Crippen LogP contribution in [0.4, 0.5) is 13.2 Å². The number of halogens is 4. The maximum atomic E-state index is 12.0. The van der Waals surface area contributed by atoms with Gasteiger partial charge in [0.15, 0.2) is 5.96 Å². The molecule has 126 valence electrons. The molecule has 2 N–H and O–H groups in total. The molecule has 1 rings (SSSR count). The molecule has 0 aromatic rings. The Bertz CT molecular complexity index is 298. The number of rotatable bonds is 7. The van der Waals surface area contributed by atoms with Crippen molar-refractivity contribution in [3.05, 3.63) is 0 Å². The summed E-state index contributed by atoms with van der Waals surface area (Å²) < 4.78 is 46.7. The maximum Gasteiger partial charge on any atom is 0.390 e. The molecule has 0 spiro atoms. The largest absolute Gasteiger partial charge is 0.390 e. The molecule has 0 bridgehead atoms. The second-order valence-corrected chi connectivity index (χ2v) is 4.50. The van der Waals surface area contributed by atoms with Gasteiger partial charge in [-0.1, -0.05) is 0 Å². The van der Waals surface area contributed by atoms with Crippen molar-refractivity contribution in [3.63, 3.8) is 0 Å². The fraction of sp³-hybridized carbons (Fsp3) is 0.917. The summed E-state index contributed by atoms with van der Waals surface area (Å²) in [6.45, 7) is 2.41. The Kier molecular flexibility index (Phi) is 11.1. The van der Waals surface area contributed by atoms with Gasteiger partial charge in [-0.2, -0.15) is 13.2 Å². The first kappa shape index (κ1) is 20.7. The summed E-state index contributed by atoms with van der Waals surface area (Å²) in [7, 11) is 1.52. The molecule has 0 amide bonds. The van der Waals surface area contributed by atoms with Gasteiger partial charge in [-0.3, -0.25) is 4.99 Å². The Morgan fingerprint density at radius 3 is 2.62 bits per heavy atom. The minimum atomic E-state index is -4.15. The molecule has 1 unspecified atom stereocenters. The molecule has 0 aliphatic carbocycles. The average molecular weight is 425 g/mol. The summed E-state index contributed by atoms with van der Waals surface area (Å²) >= 11 is 0. The second-order valence-electron chi connectivity index (χ2n) is 4.50. The first-order valence-corrected chi connectivity index (χ1v) is 6.72. The normalized spacial score (nSPS) is 19.2. The van der Waals surface area contributed by atoms with Crippen LogP contribution in [-0.4, -0.2) is 58.2 Å². The number of hydrogen-bond donors (Lipinski definition) is 2. The lowest BCUT2D eigenvalue weighted by Gasteiger charge is -2.13. The molecule has 0 saturated carbocycles. The summed E-state index contributed by atoms with van der Waals surface area (Å²) in [6.07, 6.45) is -3.16. The second kappa shape index (κ2) is 11.3. The van der Waals surface area contributed by atoms with Crippen LogP contribution in [0.2, 0.25) is 0 Å². The molecule has 1 saturated heterocycles. The van der Waals surface area contributed by atoms with Gasteiger partial charge >= 0.3 is 6.18 Å². The summed E-state index contributed by atoms with van der Waals surface area (Å²) in [5.41, 5.74) is 0. The van der Waals surface area contributed by atoms with E-state index in [4.69, 9.17) is 9.47 Å². The number of guanidine groups is 1. The van der Waals surface area contributed by atoms with Crippen LogP contribution >= 0.6 is 24.0 Å². The average Bonchev–Trinajstić information content (AvgIpc) is 2.88. The SMILES string of the molecule is CN=C(NCCCOC1CCOC1)NCCC(F)(F)F.I. The zero-order valence-electron chi connectivity index (χ0n) is 12.0. The highest BCUT2D eigenvalue weighted by Crippen LogP contribution is 2.17. The van der Waals surface area contributed by atoms with Crippen molar-refractivity contribution in [2.24, 2.45) is 4.99 Å². The molecule has 5 nitrogen and oxygen atoms in total. The first-order valence-electron chi connectivity index (χ1n) is 6.72. The number of nitrogens with one attached hydrogen (secondary N) is 2. The van der Waals surface area contributed by atoms with Gasteiger partial charge in [0.25, 0.3) is 0 Å². The molecule has 1 heterocycles. The van der Waals surface area contributed by atoms with Gasteiger partial charge in [0.2, 0.25) is 0 Å². The molecule has 9 heteroatoms. The summed E-state index contributed by atoms with van der Waals surface area (Å²) in [4.78, 5) is 3.85. The standard InChI is InChI=1S/C12H22F3N3O2.HI/c1-16-11(18-6-4-12(13,14)15)17-5-2-7-20-10-3-8-19-9-10;/h10H,2-9H2,1H3,(H2,16,17,18);1H. The molecule has 0 radical (unpaired) electrons. The highest BCUT2D eigenvalue weighted by Gasteiger charge is 2.26. The number of hydrogen-bond acceptors (Lipinski definition) is 3. The van der Waals surface area contributed by atoms with Gasteiger partial charge < -0.3 is 20.1 Å². The van der Waals surface area contributed by atoms with Gasteiger partial charge in [0.1, 0.15) is 0 Å². The van der Waals surface area contributed by atoms with Crippen LogP contribution in [0.5, 0.6) is 0 Å². The van der Waals surface area contributed by atoms with Crippen LogP contribution in [-0.2, 0) is 9.47 Å². The summed E-state index contributed by atoms with van der Waals surface area (Å²) in [5, 5.41) is 5.56. The van der Waals surface area contributed by atoms with Crippen LogP contribution in [0.3, 0.4) is 0 Å². The Labute approximate surface area is 140 Å². The molecule has 0 aromatic heterocycles. The van der Waals surface area contributed by atoms with E-state index >= 15 is 0 Å². The maximum absolute atomic E-state index is 12.0. The van der Waals surface area contributed by atoms with E-state index < -0.39 is 12.6 Å². The van der Waals surface area contributed by atoms with E-state index in [0.717, 1.165) is 19.4 Å². The molecule has 1 aliphatic heterocycles. The van der Waals surface area contributed by atoms with E-state index in [9.17, 15) is 13.2 Å². The topological polar surface area (TPSA) is 54.9 Å². The molecular formula is C12H23F3IN3O2. The Balaban J connectivity index is 0.00000400. The predicted octanol–water partition coefficient (Wildman–Crippen LogP) is 1.92. The molecule has 1 aliphatic rings. The van der Waals surface area contributed by atoms with Crippen LogP contribution in [0.15, 0.2) is 4.99 Å². The van der Waals surface area contributed by atoms with E-state index in [1.165, 1.54) is 7.05 Å². The monoisotopic (exact) mass is 425 g/mol. The third kappa shape index (κ3) is 11.0. The van der Waals surface area contributed by atoms with Gasteiger partial charge in [-0.25, -0.2) is 0 Å². The van der Waals surface area contributed by atoms with Gasteiger partial charge in [0.05, 0.1) is 19.1 Å². The van der Waals surface area contributed by atoms with Crippen molar-refractivity contribution < 1.29 is 22.6 Å². The molecule has 0 aromatic carbocycles. The third-order valence-electron chi connectivity index (χ3n) is 2.78. The fourth-order valence-electron chi connectivity index (χ4n) is 1.72. The number of nitrogens with zero attached hydrogens (tertiary/aromatic N) is 1. The Hall–Kier alpha value is -0.290. The fourth-order valence-corrected chi connectivity index (χ4v) is 1.72. The van der Waals surface area contributed by atoms with Crippen molar-refractivity contribution in [1.29, 1.82) is 0 Å². The third-order valence-corrected chi connectivity index (χ3v) is 2.78. The molecule has 1 fully saturated rings. The Morgan fingerprint density at radius 1 is 1.33 bits per heavy atom. The van der Waals surface area contributed by atoms with Crippen molar-refractivity contribution in [2.75, 3.05) is 40.0 Å². The quantitative estimate of drug-likeness (QED) is 0.283. The van der Waals surface area contributed by atoms with Gasteiger partial charge in [-0.15, -0.1) is 24.0 Å². The lowest BCUT2D eigenvalue weighted by Crippen LogP contribution is -2.39. The summed E-state index contributed by atoms with van der Waals surface area (Å²) in [6, 6.07) is 0. The predicted molar refractivity (Wildman–Crippen MR) is 85.2 cm³/mol. The number of alkyl halides is 3. The highest BCUT2D eigenvalue weighted by molar-refractivity contribution is 14.0. The Morgan fingerprint density at radius 2 is 2.05 bits per heavy atom. The minimum absolute atomic E-state index is 0. The van der Waals surface area contributed by atoms with E-state index in [-0.39, 0.29) is 36.6 Å². The van der Waals surface area contributed by atoms with Crippen LogP contribution in [0.1, 0.15) is 19.3 Å². The molecular weight excluding hydrogens is 402 g/mol. The van der Waals surface area contributed by atoms with E-state index in [0.29, 0.717) is 25.7 Å².